The van der Waals surface area contributed by atoms with Gasteiger partial charge in [-0.3, -0.25) is 0 Å². The summed E-state index contributed by atoms with van der Waals surface area (Å²) in [5.41, 5.74) is 1.06. The molecular weight excluding hydrogens is 371 g/mol. The van der Waals surface area contributed by atoms with Gasteiger partial charge in [-0.1, -0.05) is 151 Å². The highest BCUT2D eigenvalue weighted by Gasteiger charge is 2.35. The molecule has 0 aliphatic heterocycles. The summed E-state index contributed by atoms with van der Waals surface area (Å²) < 4.78 is -0.757. The van der Waals surface area contributed by atoms with E-state index in [0.717, 1.165) is 18.4 Å². The van der Waals surface area contributed by atoms with E-state index in [1.807, 2.05) is 18.2 Å². The fourth-order valence-corrected chi connectivity index (χ4v) is 4.61. The summed E-state index contributed by atoms with van der Waals surface area (Å²) in [7, 11) is 0. The molecule has 1 aromatic carbocycles. The normalized spacial score (nSPS) is 13.0. The van der Waals surface area contributed by atoms with E-state index < -0.39 is 4.33 Å². The number of benzene rings is 1. The van der Waals surface area contributed by atoms with Gasteiger partial charge in [0.1, 0.15) is 4.33 Å². The molecule has 0 amide bonds. The molecule has 0 spiro atoms. The number of unbranched alkanes of at least 4 members (excludes halogenated alkanes) is 11. The highest BCUT2D eigenvalue weighted by molar-refractivity contribution is 6.48. The molecule has 0 bridgehead atoms. The molecule has 156 valence electrons. The van der Waals surface area contributed by atoms with E-state index in [2.05, 4.69) is 26.0 Å². The van der Waals surface area contributed by atoms with Crippen LogP contribution in [0.5, 0.6) is 0 Å². The van der Waals surface area contributed by atoms with Crippen LogP contribution in [0.15, 0.2) is 30.3 Å². The molecule has 1 aromatic rings. The first-order chi connectivity index (χ1) is 13.1. The average Bonchev–Trinajstić information content (AvgIpc) is 2.68. The van der Waals surface area contributed by atoms with E-state index in [-0.39, 0.29) is 0 Å². The maximum atomic E-state index is 6.94. The van der Waals surface area contributed by atoms with Gasteiger partial charge in [0.15, 0.2) is 0 Å². The van der Waals surface area contributed by atoms with Crippen LogP contribution in [0.4, 0.5) is 0 Å². The molecule has 0 nitrogen and oxygen atoms in total. The molecule has 1 atom stereocenters. The Labute approximate surface area is 179 Å². The van der Waals surface area contributed by atoms with Gasteiger partial charge in [-0.25, -0.2) is 0 Å². The lowest BCUT2D eigenvalue weighted by molar-refractivity contribution is 0.368. The number of hydrogen-bond donors (Lipinski definition) is 0. The van der Waals surface area contributed by atoms with Crippen LogP contribution in [-0.2, 0) is 4.33 Å². The maximum Gasteiger partial charge on any atom is 0.145 e. The van der Waals surface area contributed by atoms with Gasteiger partial charge >= 0.3 is 0 Å². The lowest BCUT2D eigenvalue weighted by Crippen LogP contribution is -2.23. The van der Waals surface area contributed by atoms with Crippen molar-refractivity contribution in [2.75, 3.05) is 0 Å². The third kappa shape index (κ3) is 10.8. The Bertz CT molecular complexity index is 441. The zero-order valence-electron chi connectivity index (χ0n) is 17.8. The molecule has 0 N–H and O–H groups in total. The Morgan fingerprint density at radius 3 is 1.48 bits per heavy atom. The molecule has 0 heterocycles. The second-order valence-corrected chi connectivity index (χ2v) is 9.54. The third-order valence-electron chi connectivity index (χ3n) is 5.73. The molecular formula is C25H42Cl2. The Kier molecular flexibility index (Phi) is 14.4. The first-order valence-corrected chi connectivity index (χ1v) is 12.3. The van der Waals surface area contributed by atoms with Crippen molar-refractivity contribution in [1.29, 1.82) is 0 Å². The van der Waals surface area contributed by atoms with Crippen molar-refractivity contribution in [2.24, 2.45) is 5.92 Å². The van der Waals surface area contributed by atoms with Crippen LogP contribution in [0.2, 0.25) is 0 Å². The van der Waals surface area contributed by atoms with E-state index in [1.165, 1.54) is 83.5 Å². The minimum atomic E-state index is -0.757. The molecule has 0 aliphatic rings. The lowest BCUT2D eigenvalue weighted by Gasteiger charge is -2.31. The zero-order chi connectivity index (χ0) is 19.8. The van der Waals surface area contributed by atoms with Gasteiger partial charge in [-0.15, -0.1) is 0 Å². The van der Waals surface area contributed by atoms with Gasteiger partial charge < -0.3 is 0 Å². The van der Waals surface area contributed by atoms with E-state index in [9.17, 15) is 0 Å². The van der Waals surface area contributed by atoms with E-state index >= 15 is 0 Å². The van der Waals surface area contributed by atoms with Gasteiger partial charge in [-0.2, -0.15) is 0 Å². The van der Waals surface area contributed by atoms with Gasteiger partial charge in [0.05, 0.1) is 0 Å². The topological polar surface area (TPSA) is 0 Å². The Hall–Kier alpha value is -0.200. The van der Waals surface area contributed by atoms with Crippen LogP contribution in [0, 0.1) is 5.92 Å². The van der Waals surface area contributed by atoms with Crippen molar-refractivity contribution in [3.63, 3.8) is 0 Å². The second kappa shape index (κ2) is 15.7. The molecule has 27 heavy (non-hydrogen) atoms. The van der Waals surface area contributed by atoms with Gasteiger partial charge in [0.25, 0.3) is 0 Å². The van der Waals surface area contributed by atoms with E-state index in [0.29, 0.717) is 5.92 Å². The predicted molar refractivity (Wildman–Crippen MR) is 124 cm³/mol. The monoisotopic (exact) mass is 412 g/mol. The van der Waals surface area contributed by atoms with E-state index in [1.54, 1.807) is 0 Å². The smallest absolute Gasteiger partial charge is 0.0960 e. The van der Waals surface area contributed by atoms with Crippen molar-refractivity contribution in [3.05, 3.63) is 35.9 Å². The molecule has 1 unspecified atom stereocenters. The summed E-state index contributed by atoms with van der Waals surface area (Å²) in [5.74, 6) is 0.352. The Morgan fingerprint density at radius 2 is 1.04 bits per heavy atom. The molecule has 0 aliphatic carbocycles. The lowest BCUT2D eigenvalue weighted by atomic mass is 9.87. The molecule has 0 radical (unpaired) electrons. The summed E-state index contributed by atoms with van der Waals surface area (Å²) in [6.07, 6.45) is 19.6. The van der Waals surface area contributed by atoms with Crippen molar-refractivity contribution in [3.8, 4) is 0 Å². The van der Waals surface area contributed by atoms with Crippen LogP contribution < -0.4 is 0 Å². The molecule has 0 aromatic heterocycles. The summed E-state index contributed by atoms with van der Waals surface area (Å²) in [5, 5.41) is 0. The first-order valence-electron chi connectivity index (χ1n) is 11.6. The zero-order valence-corrected chi connectivity index (χ0v) is 19.3. The molecule has 0 saturated heterocycles. The summed E-state index contributed by atoms with van der Waals surface area (Å²) in [6, 6.07) is 10.3. The predicted octanol–water partition coefficient (Wildman–Crippen LogP) is 9.82. The second-order valence-electron chi connectivity index (χ2n) is 8.15. The van der Waals surface area contributed by atoms with Crippen molar-refractivity contribution >= 4 is 23.2 Å². The fraction of sp³-hybridized carbons (Fsp3) is 0.760. The minimum absolute atomic E-state index is 0.352. The largest absolute Gasteiger partial charge is 0.145 e. The van der Waals surface area contributed by atoms with Crippen molar-refractivity contribution in [1.82, 2.24) is 0 Å². The van der Waals surface area contributed by atoms with Gasteiger partial charge in [0, 0.05) is 0 Å². The number of hydrogen-bond acceptors (Lipinski definition) is 0. The van der Waals surface area contributed by atoms with Gasteiger partial charge in [-0.05, 0) is 24.3 Å². The van der Waals surface area contributed by atoms with Crippen LogP contribution in [-0.4, -0.2) is 0 Å². The average molecular weight is 414 g/mol. The van der Waals surface area contributed by atoms with Gasteiger partial charge in [0.2, 0.25) is 0 Å². The third-order valence-corrected chi connectivity index (χ3v) is 6.79. The summed E-state index contributed by atoms with van der Waals surface area (Å²) in [6.45, 7) is 4.55. The van der Waals surface area contributed by atoms with E-state index in [4.69, 9.17) is 23.2 Å². The van der Waals surface area contributed by atoms with Crippen molar-refractivity contribution in [2.45, 2.75) is 114 Å². The quantitative estimate of drug-likeness (QED) is 0.176. The fourth-order valence-electron chi connectivity index (χ4n) is 3.92. The van der Waals surface area contributed by atoms with Crippen LogP contribution in [0.25, 0.3) is 0 Å². The Balaban J connectivity index is 2.48. The molecule has 0 fully saturated rings. The number of alkyl halides is 2. The highest BCUT2D eigenvalue weighted by Crippen LogP contribution is 2.45. The maximum absolute atomic E-state index is 6.94. The minimum Gasteiger partial charge on any atom is -0.0960 e. The summed E-state index contributed by atoms with van der Waals surface area (Å²) in [4.78, 5) is 0. The van der Waals surface area contributed by atoms with Crippen molar-refractivity contribution < 1.29 is 0 Å². The summed E-state index contributed by atoms with van der Waals surface area (Å²) >= 11 is 13.9. The highest BCUT2D eigenvalue weighted by atomic mass is 35.5. The molecule has 0 saturated carbocycles. The van der Waals surface area contributed by atoms with Crippen LogP contribution >= 0.6 is 23.2 Å². The van der Waals surface area contributed by atoms with Crippen LogP contribution in [0.3, 0.4) is 0 Å². The standard InChI is InChI=1S/C25H42Cl2/c1-3-5-7-9-11-13-16-20-23(19-15-12-10-8-6-4-2)25(26,27)24-21-17-14-18-22-24/h14,17-18,21-23H,3-13,15-16,19-20H2,1-2H3. The first kappa shape index (κ1) is 24.8. The number of halogens is 2. The number of rotatable bonds is 17. The Morgan fingerprint density at radius 1 is 0.630 bits per heavy atom. The molecule has 1 rings (SSSR count). The van der Waals surface area contributed by atoms with Crippen LogP contribution in [0.1, 0.15) is 116 Å². The SMILES string of the molecule is CCCCCCCCCC(CCCCCCCC)C(Cl)(Cl)c1ccccc1. The molecule has 2 heteroatoms.